The van der Waals surface area contributed by atoms with E-state index in [1.165, 1.54) is 5.56 Å². The molecule has 4 heterocycles. The summed E-state index contributed by atoms with van der Waals surface area (Å²) < 4.78 is 33.7. The second kappa shape index (κ2) is 13.0. The number of H-pyrrole nitrogens is 2. The number of likely N-dealkylation sites (tertiary alicyclic amines) is 1. The number of carboxylic acids is 1. The molecule has 1 aliphatic heterocycles. The first-order valence-corrected chi connectivity index (χ1v) is 15.6. The zero-order valence-corrected chi connectivity index (χ0v) is 26.0. The van der Waals surface area contributed by atoms with Gasteiger partial charge in [-0.25, -0.2) is 24.5 Å². The van der Waals surface area contributed by atoms with E-state index in [-0.39, 0.29) is 11.7 Å². The number of halogens is 3. The molecule has 0 unspecified atom stereocenters. The van der Waals surface area contributed by atoms with Gasteiger partial charge in [-0.2, -0.15) is 13.2 Å². The van der Waals surface area contributed by atoms with E-state index in [4.69, 9.17) is 14.9 Å². The van der Waals surface area contributed by atoms with Crippen LogP contribution in [0.15, 0.2) is 102 Å². The van der Waals surface area contributed by atoms with E-state index in [2.05, 4.69) is 61.2 Å². The van der Waals surface area contributed by atoms with Crippen molar-refractivity contribution in [1.82, 2.24) is 34.4 Å². The van der Waals surface area contributed by atoms with Crippen molar-refractivity contribution in [2.75, 3.05) is 13.1 Å². The van der Waals surface area contributed by atoms with E-state index >= 15 is 0 Å². The number of aromatic amines is 2. The van der Waals surface area contributed by atoms with Crippen molar-refractivity contribution in [2.24, 2.45) is 0 Å². The van der Waals surface area contributed by atoms with Gasteiger partial charge in [-0.1, -0.05) is 66.7 Å². The molecule has 0 bridgehead atoms. The number of imidazole rings is 2. The molecule has 1 fully saturated rings. The van der Waals surface area contributed by atoms with E-state index in [1.54, 1.807) is 6.33 Å². The van der Waals surface area contributed by atoms with Gasteiger partial charge in [-0.05, 0) is 42.7 Å². The van der Waals surface area contributed by atoms with E-state index in [9.17, 15) is 18.0 Å². The quantitative estimate of drug-likeness (QED) is 0.181. The second-order valence-electron chi connectivity index (χ2n) is 11.9. The monoisotopic (exact) mass is 665 g/mol. The molecule has 4 aromatic carbocycles. The maximum absolute atomic E-state index is 12.7. The second-order valence-corrected chi connectivity index (χ2v) is 11.9. The summed E-state index contributed by atoms with van der Waals surface area (Å²) in [4.78, 5) is 44.5. The highest BCUT2D eigenvalue weighted by atomic mass is 19.4. The summed E-state index contributed by atoms with van der Waals surface area (Å²) in [6, 6.07) is 31.3. The minimum atomic E-state index is -5.08. The predicted octanol–water partition coefficient (Wildman–Crippen LogP) is 6.95. The van der Waals surface area contributed by atoms with Gasteiger partial charge in [-0.3, -0.25) is 9.47 Å². The van der Waals surface area contributed by atoms with Crippen molar-refractivity contribution in [3.63, 3.8) is 0 Å². The molecule has 0 amide bonds. The van der Waals surface area contributed by atoms with E-state index < -0.39 is 12.1 Å². The zero-order chi connectivity index (χ0) is 34.1. The maximum atomic E-state index is 12.7. The van der Waals surface area contributed by atoms with Crippen LogP contribution in [0.2, 0.25) is 0 Å². The average molecular weight is 666 g/mol. The van der Waals surface area contributed by atoms with Gasteiger partial charge >= 0.3 is 17.8 Å². The molecule has 3 N–H and O–H groups in total. The first-order valence-electron chi connectivity index (χ1n) is 15.6. The summed E-state index contributed by atoms with van der Waals surface area (Å²) >= 11 is 0. The van der Waals surface area contributed by atoms with Crippen LogP contribution in [0.3, 0.4) is 0 Å². The molecule has 0 atom stereocenters. The number of fused-ring (bicyclic) bond motifs is 3. The molecule has 8 rings (SSSR count). The summed E-state index contributed by atoms with van der Waals surface area (Å²) in [7, 11) is 0. The summed E-state index contributed by atoms with van der Waals surface area (Å²) in [5.74, 6) is -2.76. The smallest absolute Gasteiger partial charge is 0.475 e. The molecule has 1 saturated heterocycles. The largest absolute Gasteiger partial charge is 0.490 e. The lowest BCUT2D eigenvalue weighted by Gasteiger charge is -2.32. The van der Waals surface area contributed by atoms with Crippen molar-refractivity contribution in [3.8, 4) is 22.5 Å². The Morgan fingerprint density at radius 1 is 0.816 bits per heavy atom. The standard InChI is InChI=1S/C34H29N7O.C2HF3O2/c42-34-39-26-8-4-5-9-31(26)41(34)25-14-16-40(17-15-25)20-22-10-12-24(13-11-22)33-32(23-6-2-1-3-7-23)37-29-18-27-28(36-21-35-27)19-30(29)38-33;3-2(4,5)1(6)7/h1-13,18-19,21,25,38H,14-17,20H2,(H,39,42);(H,6,7). The lowest BCUT2D eigenvalue weighted by atomic mass is 10.0. The SMILES string of the molecule is O=C(O)C(F)(F)F.O=c1[nH]c2ccccc2n1C1CCN(Cc2ccc(-c3[nH]c4cc5ncnc5cc4nc3-c3ccccc3)cc2)CC1. The van der Waals surface area contributed by atoms with E-state index in [0.29, 0.717) is 0 Å². The molecule has 49 heavy (non-hydrogen) atoms. The third-order valence-corrected chi connectivity index (χ3v) is 8.70. The molecule has 0 aliphatic carbocycles. The number of hydrogen-bond donors (Lipinski definition) is 3. The topological polar surface area (TPSA) is 133 Å². The number of carboxylic acid groups (broad SMARTS) is 1. The van der Waals surface area contributed by atoms with Crippen LogP contribution in [0, 0.1) is 0 Å². The molecule has 10 nitrogen and oxygen atoms in total. The number of nitrogens with zero attached hydrogens (tertiary/aromatic N) is 5. The van der Waals surface area contributed by atoms with E-state index in [0.717, 1.165) is 88.1 Å². The third kappa shape index (κ3) is 6.65. The Morgan fingerprint density at radius 3 is 2.16 bits per heavy atom. The Hall–Kier alpha value is -5.82. The fourth-order valence-electron chi connectivity index (χ4n) is 6.31. The van der Waals surface area contributed by atoms with Crippen LogP contribution in [0.1, 0.15) is 24.4 Å². The molecule has 0 spiro atoms. The van der Waals surface area contributed by atoms with Gasteiger partial charge in [0.05, 0.1) is 44.5 Å². The van der Waals surface area contributed by atoms with Gasteiger partial charge in [0, 0.05) is 36.8 Å². The Kier molecular flexibility index (Phi) is 8.43. The summed E-state index contributed by atoms with van der Waals surface area (Å²) in [6.45, 7) is 2.80. The van der Waals surface area contributed by atoms with Crippen LogP contribution in [0.5, 0.6) is 0 Å². The highest BCUT2D eigenvalue weighted by Crippen LogP contribution is 2.33. The lowest BCUT2D eigenvalue weighted by molar-refractivity contribution is -0.192. The Morgan fingerprint density at radius 2 is 1.47 bits per heavy atom. The van der Waals surface area contributed by atoms with Gasteiger partial charge in [-0.15, -0.1) is 0 Å². The highest BCUT2D eigenvalue weighted by Gasteiger charge is 2.38. The zero-order valence-electron chi connectivity index (χ0n) is 26.0. The Bertz CT molecular complexity index is 2320. The molecule has 7 aromatic rings. The third-order valence-electron chi connectivity index (χ3n) is 8.70. The normalized spacial score (nSPS) is 14.3. The van der Waals surface area contributed by atoms with Crippen LogP contribution in [-0.2, 0) is 11.3 Å². The molecule has 0 radical (unpaired) electrons. The van der Waals surface area contributed by atoms with Crippen molar-refractivity contribution in [2.45, 2.75) is 31.6 Å². The summed E-state index contributed by atoms with van der Waals surface area (Å²) in [6.07, 6.45) is -1.58. The first kappa shape index (κ1) is 31.8. The van der Waals surface area contributed by atoms with Crippen LogP contribution in [-0.4, -0.2) is 64.7 Å². The number of aliphatic carboxylic acids is 1. The maximum Gasteiger partial charge on any atom is 0.490 e. The molecule has 248 valence electrons. The molecule has 0 saturated carbocycles. The number of benzene rings is 4. The number of para-hydroxylation sites is 2. The molecule has 3 aromatic heterocycles. The number of piperidine rings is 1. The van der Waals surface area contributed by atoms with Crippen LogP contribution in [0.4, 0.5) is 13.2 Å². The van der Waals surface area contributed by atoms with Crippen molar-refractivity contribution in [3.05, 3.63) is 113 Å². The van der Waals surface area contributed by atoms with Crippen LogP contribution in [0.25, 0.3) is 55.6 Å². The fraction of sp³-hybridized carbons (Fsp3) is 0.194. The average Bonchev–Trinajstić information content (AvgIpc) is 3.70. The van der Waals surface area contributed by atoms with Crippen molar-refractivity contribution >= 4 is 39.1 Å². The number of nitrogens with one attached hydrogen (secondary N) is 2. The van der Waals surface area contributed by atoms with Gasteiger partial charge in [0.25, 0.3) is 0 Å². The molecular weight excluding hydrogens is 635 g/mol. The molecular formula is C36H30F3N7O3. The Balaban J connectivity index is 0.000000491. The summed E-state index contributed by atoms with van der Waals surface area (Å²) in [5, 5.41) is 7.12. The minimum absolute atomic E-state index is 0.00721. The number of carbonyl (C=O) groups is 1. The number of alkyl halides is 3. The highest BCUT2D eigenvalue weighted by molar-refractivity contribution is 5.94. The van der Waals surface area contributed by atoms with Crippen molar-refractivity contribution < 1.29 is 23.1 Å². The van der Waals surface area contributed by atoms with Gasteiger partial charge in [0.15, 0.2) is 0 Å². The summed E-state index contributed by atoms with van der Waals surface area (Å²) in [5.41, 5.74) is 10.7. The van der Waals surface area contributed by atoms with Crippen LogP contribution < -0.4 is 5.69 Å². The first-order chi connectivity index (χ1) is 23.6. The number of aromatic nitrogens is 6. The Labute approximate surface area is 276 Å². The minimum Gasteiger partial charge on any atom is -0.475 e. The number of hydrogen-bond acceptors (Lipinski definition) is 6. The molecule has 1 aliphatic rings. The lowest BCUT2D eigenvalue weighted by Crippen LogP contribution is -2.36. The van der Waals surface area contributed by atoms with Gasteiger partial charge < -0.3 is 15.1 Å². The fourth-order valence-corrected chi connectivity index (χ4v) is 6.31. The van der Waals surface area contributed by atoms with Gasteiger partial charge in [0.2, 0.25) is 0 Å². The van der Waals surface area contributed by atoms with Crippen LogP contribution >= 0.6 is 0 Å². The number of rotatable bonds is 5. The molecule has 13 heteroatoms. The van der Waals surface area contributed by atoms with Crippen molar-refractivity contribution in [1.29, 1.82) is 0 Å². The van der Waals surface area contributed by atoms with E-state index in [1.807, 2.05) is 59.2 Å². The van der Waals surface area contributed by atoms with Gasteiger partial charge in [0.1, 0.15) is 6.33 Å². The predicted molar refractivity (Wildman–Crippen MR) is 180 cm³/mol.